The first-order chi connectivity index (χ1) is 13.7. The molecule has 0 bridgehead atoms. The van der Waals surface area contributed by atoms with E-state index in [-0.39, 0.29) is 24.3 Å². The Kier molecular flexibility index (Phi) is 4.75. The normalized spacial score (nSPS) is 15.7. The van der Waals surface area contributed by atoms with E-state index in [1.807, 2.05) is 30.3 Å². The van der Waals surface area contributed by atoms with E-state index < -0.39 is 0 Å². The Morgan fingerprint density at radius 3 is 2.61 bits per heavy atom. The van der Waals surface area contributed by atoms with Gasteiger partial charge in [-0.15, -0.1) is 0 Å². The van der Waals surface area contributed by atoms with Crippen molar-refractivity contribution in [2.45, 2.75) is 12.5 Å². The van der Waals surface area contributed by atoms with Gasteiger partial charge in [0.2, 0.25) is 0 Å². The molecule has 0 unspecified atom stereocenters. The molecule has 1 aromatic heterocycles. The Morgan fingerprint density at radius 1 is 1.18 bits per heavy atom. The number of aliphatic hydroxyl groups excluding tert-OH is 1. The number of benzene rings is 2. The van der Waals surface area contributed by atoms with Crippen molar-refractivity contribution >= 4 is 5.91 Å². The van der Waals surface area contributed by atoms with Crippen molar-refractivity contribution in [3.8, 4) is 22.8 Å². The molecule has 1 aliphatic rings. The Hall–Kier alpha value is -3.32. The number of fused-ring (bicyclic) bond motifs is 1. The smallest absolute Gasteiger partial charge is 0.273 e. The Morgan fingerprint density at radius 2 is 1.93 bits per heavy atom. The predicted molar refractivity (Wildman–Crippen MR) is 103 cm³/mol. The lowest BCUT2D eigenvalue weighted by Crippen LogP contribution is -2.31. The number of hydrogen-bond donors (Lipinski definition) is 3. The number of aromatic hydroxyl groups is 1. The van der Waals surface area contributed by atoms with Crippen LogP contribution in [0.1, 0.15) is 34.1 Å². The van der Waals surface area contributed by atoms with Crippen LogP contribution >= 0.6 is 0 Å². The fourth-order valence-electron chi connectivity index (χ4n) is 3.68. The molecule has 7 heteroatoms. The topological polar surface area (TPSA) is 98.7 Å². The third kappa shape index (κ3) is 2.90. The van der Waals surface area contributed by atoms with Crippen LogP contribution in [0.25, 0.3) is 11.3 Å². The van der Waals surface area contributed by atoms with Gasteiger partial charge in [0.1, 0.15) is 22.9 Å². The molecule has 0 fully saturated rings. The number of rotatable bonds is 6. The number of para-hydroxylation sites is 1. The number of aliphatic hydroxyl groups is 1. The summed E-state index contributed by atoms with van der Waals surface area (Å²) in [7, 11) is 1.60. The molecule has 2 aromatic carbocycles. The molecule has 28 heavy (non-hydrogen) atoms. The minimum atomic E-state index is -0.367. The highest BCUT2D eigenvalue weighted by molar-refractivity contribution is 6.00. The summed E-state index contributed by atoms with van der Waals surface area (Å²) in [5.41, 5.74) is 3.17. The van der Waals surface area contributed by atoms with Crippen LogP contribution in [0.4, 0.5) is 0 Å². The summed E-state index contributed by atoms with van der Waals surface area (Å²) in [5.74, 6) is 0.660. The van der Waals surface area contributed by atoms with Gasteiger partial charge in [0, 0.05) is 24.3 Å². The first-order valence-electron chi connectivity index (χ1n) is 9.08. The lowest BCUT2D eigenvalue weighted by Gasteiger charge is -2.26. The van der Waals surface area contributed by atoms with E-state index in [2.05, 4.69) is 10.2 Å². The molecule has 7 nitrogen and oxygen atoms in total. The zero-order chi connectivity index (χ0) is 19.7. The Balaban J connectivity index is 1.86. The molecule has 0 saturated carbocycles. The molecule has 4 rings (SSSR count). The van der Waals surface area contributed by atoms with Gasteiger partial charge in [0.25, 0.3) is 5.91 Å². The molecular weight excluding hydrogens is 358 g/mol. The number of aromatic amines is 1. The van der Waals surface area contributed by atoms with Crippen molar-refractivity contribution < 1.29 is 19.7 Å². The molecule has 3 N–H and O–H groups in total. The third-order valence-electron chi connectivity index (χ3n) is 5.01. The van der Waals surface area contributed by atoms with Crippen molar-refractivity contribution in [2.24, 2.45) is 0 Å². The molecule has 1 amide bonds. The summed E-state index contributed by atoms with van der Waals surface area (Å²) < 4.78 is 5.24. The molecule has 1 aliphatic heterocycles. The van der Waals surface area contributed by atoms with E-state index in [1.54, 1.807) is 30.2 Å². The Bertz CT molecular complexity index is 997. The standard InChI is InChI=1S/C21H21N3O4/c1-28-14-9-7-13(8-10-14)20-17-18(15-5-2-3-6-16(15)26)22-23-19(17)21(27)24(20)11-4-12-25/h2-3,5-10,20,25-26H,4,11-12H2,1H3,(H,22,23)/t20-/m0/s1. The van der Waals surface area contributed by atoms with E-state index in [0.29, 0.717) is 29.9 Å². The van der Waals surface area contributed by atoms with Crippen LogP contribution in [-0.4, -0.2) is 51.5 Å². The quantitative estimate of drug-likeness (QED) is 0.612. The monoisotopic (exact) mass is 379 g/mol. The first-order valence-corrected chi connectivity index (χ1v) is 9.08. The average Bonchev–Trinajstić information content (AvgIpc) is 3.26. The number of methoxy groups -OCH3 is 1. The van der Waals surface area contributed by atoms with Crippen LogP contribution in [0, 0.1) is 0 Å². The maximum absolute atomic E-state index is 13.0. The molecule has 0 aliphatic carbocycles. The fraction of sp³-hybridized carbons (Fsp3) is 0.238. The van der Waals surface area contributed by atoms with Gasteiger partial charge in [-0.3, -0.25) is 9.89 Å². The number of carbonyl (C=O) groups excluding carboxylic acids is 1. The second-order valence-corrected chi connectivity index (χ2v) is 6.63. The largest absolute Gasteiger partial charge is 0.507 e. The van der Waals surface area contributed by atoms with Crippen LogP contribution in [0.3, 0.4) is 0 Å². The van der Waals surface area contributed by atoms with Gasteiger partial charge < -0.3 is 19.8 Å². The minimum absolute atomic E-state index is 0.00235. The average molecular weight is 379 g/mol. The number of aromatic nitrogens is 2. The zero-order valence-corrected chi connectivity index (χ0v) is 15.4. The third-order valence-corrected chi connectivity index (χ3v) is 5.01. The van der Waals surface area contributed by atoms with Gasteiger partial charge in [-0.25, -0.2) is 0 Å². The lowest BCUT2D eigenvalue weighted by molar-refractivity contribution is 0.0732. The zero-order valence-electron chi connectivity index (χ0n) is 15.4. The predicted octanol–water partition coefficient (Wildman–Crippen LogP) is 2.72. The van der Waals surface area contributed by atoms with Crippen LogP contribution in [0.5, 0.6) is 11.5 Å². The fourth-order valence-corrected chi connectivity index (χ4v) is 3.68. The van der Waals surface area contributed by atoms with Gasteiger partial charge in [0.15, 0.2) is 0 Å². The van der Waals surface area contributed by atoms with E-state index in [4.69, 9.17) is 4.74 Å². The van der Waals surface area contributed by atoms with Gasteiger partial charge >= 0.3 is 0 Å². The number of H-pyrrole nitrogens is 1. The molecule has 0 spiro atoms. The molecule has 0 saturated heterocycles. The van der Waals surface area contributed by atoms with Crippen LogP contribution in [0.2, 0.25) is 0 Å². The van der Waals surface area contributed by atoms with Crippen LogP contribution in [-0.2, 0) is 0 Å². The number of nitrogens with one attached hydrogen (secondary N) is 1. The van der Waals surface area contributed by atoms with Gasteiger partial charge in [-0.2, -0.15) is 5.10 Å². The van der Waals surface area contributed by atoms with Gasteiger partial charge in [0.05, 0.1) is 13.2 Å². The van der Waals surface area contributed by atoms with E-state index in [9.17, 15) is 15.0 Å². The molecule has 2 heterocycles. The first kappa shape index (κ1) is 18.1. The summed E-state index contributed by atoms with van der Waals surface area (Å²) in [4.78, 5) is 14.8. The summed E-state index contributed by atoms with van der Waals surface area (Å²) >= 11 is 0. The van der Waals surface area contributed by atoms with E-state index in [0.717, 1.165) is 16.9 Å². The summed E-state index contributed by atoms with van der Waals surface area (Å²) in [6, 6.07) is 14.1. The molecule has 1 atom stereocenters. The Labute approximate surface area is 162 Å². The SMILES string of the molecule is COc1ccc([C@H]2c3c(-c4ccccc4O)n[nH]c3C(=O)N2CCCO)cc1. The highest BCUT2D eigenvalue weighted by atomic mass is 16.5. The molecule has 0 radical (unpaired) electrons. The van der Waals surface area contributed by atoms with Crippen molar-refractivity contribution in [1.82, 2.24) is 15.1 Å². The van der Waals surface area contributed by atoms with Crippen molar-refractivity contribution in [3.63, 3.8) is 0 Å². The summed E-state index contributed by atoms with van der Waals surface area (Å²) in [6.07, 6.45) is 0.474. The van der Waals surface area contributed by atoms with Crippen molar-refractivity contribution in [3.05, 3.63) is 65.4 Å². The second-order valence-electron chi connectivity index (χ2n) is 6.63. The number of nitrogens with zero attached hydrogens (tertiary/aromatic N) is 2. The van der Waals surface area contributed by atoms with E-state index >= 15 is 0 Å². The number of phenols is 1. The lowest BCUT2D eigenvalue weighted by atomic mass is 9.95. The summed E-state index contributed by atoms with van der Waals surface area (Å²) in [5, 5.41) is 26.8. The molecular formula is C21H21N3O4. The highest BCUT2D eigenvalue weighted by Crippen LogP contribution is 2.44. The summed E-state index contributed by atoms with van der Waals surface area (Å²) in [6.45, 7) is 0.409. The number of ether oxygens (including phenoxy) is 1. The van der Waals surface area contributed by atoms with E-state index in [1.165, 1.54) is 0 Å². The number of hydrogen-bond acceptors (Lipinski definition) is 5. The molecule has 144 valence electrons. The maximum Gasteiger partial charge on any atom is 0.273 e. The number of amides is 1. The van der Waals surface area contributed by atoms with Crippen molar-refractivity contribution in [2.75, 3.05) is 20.3 Å². The van der Waals surface area contributed by atoms with Crippen LogP contribution < -0.4 is 4.74 Å². The van der Waals surface area contributed by atoms with Crippen molar-refractivity contribution in [1.29, 1.82) is 0 Å². The van der Waals surface area contributed by atoms with Gasteiger partial charge in [-0.1, -0.05) is 24.3 Å². The van der Waals surface area contributed by atoms with Gasteiger partial charge in [-0.05, 0) is 36.2 Å². The minimum Gasteiger partial charge on any atom is -0.507 e. The maximum atomic E-state index is 13.0. The number of phenolic OH excluding ortho intramolecular Hbond substituents is 1. The number of carbonyl (C=O) groups is 1. The molecule has 3 aromatic rings. The second kappa shape index (κ2) is 7.36. The highest BCUT2D eigenvalue weighted by Gasteiger charge is 2.42. The van der Waals surface area contributed by atoms with Crippen LogP contribution in [0.15, 0.2) is 48.5 Å².